The lowest BCUT2D eigenvalue weighted by Gasteiger charge is -2.19. The first-order chi connectivity index (χ1) is 11.1. The van der Waals surface area contributed by atoms with E-state index in [1.807, 2.05) is 0 Å². The number of halogens is 1. The molecule has 122 valence electrons. The van der Waals surface area contributed by atoms with E-state index in [9.17, 15) is 14.0 Å². The maximum atomic E-state index is 14.1. The van der Waals surface area contributed by atoms with Crippen molar-refractivity contribution in [3.63, 3.8) is 0 Å². The number of hydrogen-bond acceptors (Lipinski definition) is 5. The molecule has 1 aromatic rings. The van der Waals surface area contributed by atoms with Crippen molar-refractivity contribution in [3.05, 3.63) is 17.8 Å². The smallest absolute Gasteiger partial charge is 0.341 e. The molecule has 2 aliphatic heterocycles. The van der Waals surface area contributed by atoms with Gasteiger partial charge in [0, 0.05) is 19.2 Å². The van der Waals surface area contributed by atoms with Gasteiger partial charge in [-0.25, -0.2) is 14.8 Å². The Balaban J connectivity index is 1.61. The lowest BCUT2D eigenvalue weighted by Crippen LogP contribution is -2.45. The molecule has 0 aromatic carbocycles. The number of hydrogen-bond donors (Lipinski definition) is 1. The Morgan fingerprint density at radius 2 is 2.35 bits per heavy atom. The Morgan fingerprint density at radius 1 is 1.52 bits per heavy atom. The molecule has 3 amide bonds. The van der Waals surface area contributed by atoms with Crippen LogP contribution in [0.2, 0.25) is 0 Å². The zero-order chi connectivity index (χ0) is 16.4. The van der Waals surface area contributed by atoms with Gasteiger partial charge in [-0.05, 0) is 6.42 Å². The van der Waals surface area contributed by atoms with E-state index in [-0.39, 0.29) is 17.9 Å². The van der Waals surface area contributed by atoms with Gasteiger partial charge < -0.3 is 15.0 Å². The van der Waals surface area contributed by atoms with E-state index in [1.165, 1.54) is 12.5 Å². The fraction of sp³-hybridized carbons (Fsp3) is 0.500. The molecule has 2 unspecified atom stereocenters. The molecule has 8 nitrogen and oxygen atoms in total. The van der Waals surface area contributed by atoms with Crippen LogP contribution in [-0.2, 0) is 11.2 Å². The van der Waals surface area contributed by atoms with Crippen LogP contribution < -0.4 is 10.1 Å². The molecule has 0 radical (unpaired) electrons. The molecular weight excluding hydrogens is 305 g/mol. The van der Waals surface area contributed by atoms with Gasteiger partial charge in [-0.2, -0.15) is 9.37 Å². The number of urea groups is 1. The third kappa shape index (κ3) is 3.13. The normalized spacial score (nSPS) is 23.2. The average molecular weight is 321 g/mol. The standard InChI is InChI=1S/C14H16FN5O3/c1-2-9-11(15)12(18-7-17-9)23-8-3-4-20(6-8)13(21)10-5-16-14(22)19-10/h5,7-8,10H,2-4,6H2,1H3,(H,19,22). The highest BCUT2D eigenvalue weighted by atomic mass is 19.1. The third-order valence-corrected chi connectivity index (χ3v) is 3.79. The first-order valence-electron chi connectivity index (χ1n) is 7.38. The van der Waals surface area contributed by atoms with Crippen molar-refractivity contribution in [1.82, 2.24) is 20.2 Å². The summed E-state index contributed by atoms with van der Waals surface area (Å²) < 4.78 is 19.6. The highest BCUT2D eigenvalue weighted by molar-refractivity contribution is 6.07. The van der Waals surface area contributed by atoms with Crippen LogP contribution in [0.3, 0.4) is 0 Å². The molecule has 0 saturated carbocycles. The van der Waals surface area contributed by atoms with Crippen molar-refractivity contribution in [2.75, 3.05) is 13.1 Å². The lowest BCUT2D eigenvalue weighted by atomic mass is 10.3. The minimum atomic E-state index is -0.733. The third-order valence-electron chi connectivity index (χ3n) is 3.79. The van der Waals surface area contributed by atoms with E-state index < -0.39 is 17.9 Å². The zero-order valence-corrected chi connectivity index (χ0v) is 12.5. The number of aromatic nitrogens is 2. The van der Waals surface area contributed by atoms with E-state index in [0.29, 0.717) is 31.6 Å². The maximum absolute atomic E-state index is 14.1. The molecule has 1 aromatic heterocycles. The van der Waals surface area contributed by atoms with E-state index >= 15 is 0 Å². The summed E-state index contributed by atoms with van der Waals surface area (Å²) in [5.74, 6) is -0.898. The number of aliphatic imine (C=N–C) groups is 1. The van der Waals surface area contributed by atoms with Crippen molar-refractivity contribution in [2.24, 2.45) is 4.99 Å². The Bertz CT molecular complexity index is 666. The largest absolute Gasteiger partial charge is 0.470 e. The van der Waals surface area contributed by atoms with Gasteiger partial charge in [-0.1, -0.05) is 6.92 Å². The van der Waals surface area contributed by atoms with Crippen molar-refractivity contribution in [2.45, 2.75) is 31.9 Å². The molecule has 0 bridgehead atoms. The minimum absolute atomic E-state index is 0.0909. The van der Waals surface area contributed by atoms with Gasteiger partial charge in [-0.15, -0.1) is 0 Å². The number of likely N-dealkylation sites (tertiary alicyclic amines) is 1. The van der Waals surface area contributed by atoms with Crippen molar-refractivity contribution < 1.29 is 18.7 Å². The fourth-order valence-corrected chi connectivity index (χ4v) is 2.57. The number of amides is 3. The number of rotatable bonds is 4. The predicted molar refractivity (Wildman–Crippen MR) is 77.8 cm³/mol. The van der Waals surface area contributed by atoms with Crippen molar-refractivity contribution in [3.8, 4) is 5.88 Å². The number of nitrogens with zero attached hydrogens (tertiary/aromatic N) is 4. The van der Waals surface area contributed by atoms with Crippen molar-refractivity contribution in [1.29, 1.82) is 0 Å². The summed E-state index contributed by atoms with van der Waals surface area (Å²) in [7, 11) is 0. The first-order valence-corrected chi connectivity index (χ1v) is 7.38. The van der Waals surface area contributed by atoms with Crippen LogP contribution in [0.5, 0.6) is 5.88 Å². The minimum Gasteiger partial charge on any atom is -0.470 e. The Hall–Kier alpha value is -2.58. The number of nitrogens with one attached hydrogen (secondary N) is 1. The van der Waals surface area contributed by atoms with Crippen LogP contribution >= 0.6 is 0 Å². The van der Waals surface area contributed by atoms with Gasteiger partial charge in [0.25, 0.3) is 11.8 Å². The topological polar surface area (TPSA) is 96.8 Å². The molecule has 3 rings (SSSR count). The van der Waals surface area contributed by atoms with Crippen LogP contribution in [0.4, 0.5) is 9.18 Å². The number of carbonyl (C=O) groups excluding carboxylic acids is 2. The lowest BCUT2D eigenvalue weighted by molar-refractivity contribution is -0.130. The molecule has 0 spiro atoms. The van der Waals surface area contributed by atoms with Crippen LogP contribution in [0.25, 0.3) is 0 Å². The predicted octanol–water partition coefficient (Wildman–Crippen LogP) is 0.320. The Labute approximate surface area is 131 Å². The first kappa shape index (κ1) is 15.3. The molecule has 1 fully saturated rings. The van der Waals surface area contributed by atoms with Crippen LogP contribution in [-0.4, -0.2) is 58.3 Å². The number of carbonyl (C=O) groups is 2. The maximum Gasteiger partial charge on any atom is 0.341 e. The highest BCUT2D eigenvalue weighted by Crippen LogP contribution is 2.21. The molecule has 9 heteroatoms. The summed E-state index contributed by atoms with van der Waals surface area (Å²) in [6.45, 7) is 2.57. The van der Waals surface area contributed by atoms with Crippen molar-refractivity contribution >= 4 is 18.2 Å². The Kier molecular flexibility index (Phi) is 4.18. The second kappa shape index (κ2) is 6.27. The molecule has 2 aliphatic rings. The van der Waals surface area contributed by atoms with Gasteiger partial charge >= 0.3 is 6.03 Å². The average Bonchev–Trinajstić information content (AvgIpc) is 3.18. The van der Waals surface area contributed by atoms with Crippen LogP contribution in [0.1, 0.15) is 19.0 Å². The molecule has 1 saturated heterocycles. The van der Waals surface area contributed by atoms with E-state index in [4.69, 9.17) is 4.74 Å². The van der Waals surface area contributed by atoms with E-state index in [1.54, 1.807) is 11.8 Å². The van der Waals surface area contributed by atoms with Gasteiger partial charge in [0.05, 0.1) is 12.2 Å². The molecule has 2 atom stereocenters. The van der Waals surface area contributed by atoms with Gasteiger partial charge in [0.15, 0.2) is 0 Å². The van der Waals surface area contributed by atoms with E-state index in [0.717, 1.165) is 0 Å². The Morgan fingerprint density at radius 3 is 3.04 bits per heavy atom. The number of aryl methyl sites for hydroxylation is 1. The van der Waals surface area contributed by atoms with Gasteiger partial charge in [-0.3, -0.25) is 4.79 Å². The number of ether oxygens (including phenoxy) is 1. The summed E-state index contributed by atoms with van der Waals surface area (Å²) in [6, 6.07) is -1.26. The summed E-state index contributed by atoms with van der Waals surface area (Å²) in [6.07, 6.45) is 3.22. The quantitative estimate of drug-likeness (QED) is 0.861. The summed E-state index contributed by atoms with van der Waals surface area (Å²) in [4.78, 5) is 36.0. The molecule has 3 heterocycles. The molecular formula is C14H16FN5O3. The monoisotopic (exact) mass is 321 g/mol. The zero-order valence-electron chi connectivity index (χ0n) is 12.5. The second-order valence-corrected chi connectivity index (χ2v) is 5.31. The molecule has 1 N–H and O–H groups in total. The van der Waals surface area contributed by atoms with Gasteiger partial charge in [0.2, 0.25) is 5.82 Å². The summed E-state index contributed by atoms with van der Waals surface area (Å²) >= 11 is 0. The summed E-state index contributed by atoms with van der Waals surface area (Å²) in [5, 5.41) is 2.45. The van der Waals surface area contributed by atoms with E-state index in [2.05, 4.69) is 20.3 Å². The highest BCUT2D eigenvalue weighted by Gasteiger charge is 2.34. The molecule has 0 aliphatic carbocycles. The van der Waals surface area contributed by atoms with Gasteiger partial charge in [0.1, 0.15) is 18.5 Å². The SMILES string of the molecule is CCc1ncnc(OC2CCN(C(=O)C3C=NC(=O)N3)C2)c1F. The van der Waals surface area contributed by atoms with Crippen LogP contribution in [0, 0.1) is 5.82 Å². The molecule has 23 heavy (non-hydrogen) atoms. The summed E-state index contributed by atoms with van der Waals surface area (Å²) in [5.41, 5.74) is 0.297. The fourth-order valence-electron chi connectivity index (χ4n) is 2.57. The van der Waals surface area contributed by atoms with Crippen LogP contribution in [0.15, 0.2) is 11.3 Å². The second-order valence-electron chi connectivity index (χ2n) is 5.31.